The van der Waals surface area contributed by atoms with E-state index in [1.807, 2.05) is 42.4 Å². The molecular formula is C37H58N6O5Si2. The number of aromatic nitrogens is 4. The summed E-state index contributed by atoms with van der Waals surface area (Å²) in [5.74, 6) is 0.927. The highest BCUT2D eigenvalue weighted by Gasteiger charge is 2.45. The van der Waals surface area contributed by atoms with E-state index in [4.69, 9.17) is 24.3 Å². The number of amides is 1. The number of ether oxygens (including phenoxy) is 3. The lowest BCUT2D eigenvalue weighted by Gasteiger charge is -2.39. The molecule has 3 aromatic rings. The zero-order valence-corrected chi connectivity index (χ0v) is 33.9. The second-order valence-corrected chi connectivity index (χ2v) is 28.7. The monoisotopic (exact) mass is 722 g/mol. The average Bonchev–Trinajstić information content (AvgIpc) is 3.56. The zero-order valence-electron chi connectivity index (χ0n) is 31.9. The minimum absolute atomic E-state index is 0.0784. The Bertz CT molecular complexity index is 1610. The van der Waals surface area contributed by atoms with Gasteiger partial charge in [0.2, 0.25) is 0 Å². The molecule has 0 saturated carbocycles. The van der Waals surface area contributed by atoms with E-state index in [1.165, 1.54) is 6.92 Å². The second kappa shape index (κ2) is 15.2. The number of carbonyl (C=O) groups is 2. The van der Waals surface area contributed by atoms with Gasteiger partial charge in [0.15, 0.2) is 11.4 Å². The van der Waals surface area contributed by atoms with Gasteiger partial charge in [-0.15, -0.1) is 0 Å². The van der Waals surface area contributed by atoms with E-state index in [9.17, 15) is 9.59 Å². The third-order valence-corrected chi connectivity index (χ3v) is 12.9. The number of Topliss-reactive ketones (excluding diaryl/α,β-unsaturated/α-hetero) is 1. The van der Waals surface area contributed by atoms with Crippen LogP contribution in [0, 0.1) is 0 Å². The number of nitrogens with zero attached hydrogens (tertiary/aromatic N) is 6. The first kappa shape index (κ1) is 38.1. The average molecular weight is 723 g/mol. The first-order valence-corrected chi connectivity index (χ1v) is 25.6. The molecular weight excluding hydrogens is 665 g/mol. The van der Waals surface area contributed by atoms with E-state index in [0.717, 1.165) is 60.4 Å². The van der Waals surface area contributed by atoms with Crippen LogP contribution in [-0.2, 0) is 14.2 Å². The third kappa shape index (κ3) is 9.80. The van der Waals surface area contributed by atoms with Crippen LogP contribution < -0.4 is 4.90 Å². The predicted molar refractivity (Wildman–Crippen MR) is 204 cm³/mol. The molecule has 1 unspecified atom stereocenters. The molecule has 0 N–H and O–H groups in total. The van der Waals surface area contributed by atoms with Gasteiger partial charge in [0.25, 0.3) is 0 Å². The number of hydrogen-bond acceptors (Lipinski definition) is 9. The smallest absolute Gasteiger partial charge is 0.410 e. The van der Waals surface area contributed by atoms with Crippen LogP contribution in [0.4, 0.5) is 10.6 Å². The van der Waals surface area contributed by atoms with Crippen molar-refractivity contribution in [3.63, 3.8) is 0 Å². The Morgan fingerprint density at radius 1 is 0.920 bits per heavy atom. The first-order valence-electron chi connectivity index (χ1n) is 18.2. The van der Waals surface area contributed by atoms with E-state index in [-0.39, 0.29) is 29.9 Å². The van der Waals surface area contributed by atoms with Crippen molar-refractivity contribution in [3.8, 4) is 11.1 Å². The number of rotatable bonds is 14. The Morgan fingerprint density at radius 2 is 1.52 bits per heavy atom. The fraction of sp³-hybridized carbons (Fsp3) is 0.649. The zero-order chi connectivity index (χ0) is 36.4. The molecule has 50 heavy (non-hydrogen) atoms. The summed E-state index contributed by atoms with van der Waals surface area (Å²) in [5.41, 5.74) is 3.24. The van der Waals surface area contributed by atoms with E-state index in [0.29, 0.717) is 38.0 Å². The van der Waals surface area contributed by atoms with Crippen LogP contribution >= 0.6 is 0 Å². The minimum Gasteiger partial charge on any atom is -0.444 e. The van der Waals surface area contributed by atoms with Crippen LogP contribution in [0.5, 0.6) is 0 Å². The maximum atomic E-state index is 13.3. The molecule has 0 aliphatic carbocycles. The molecule has 2 bridgehead atoms. The highest BCUT2D eigenvalue weighted by molar-refractivity contribution is 6.76. The number of pyridine rings is 1. The van der Waals surface area contributed by atoms with Crippen LogP contribution in [-0.4, -0.2) is 96.9 Å². The standard InChI is InChI=1S/C37H58N6O5Si2/c1-26(44)32-14-11-27(22-38-32)31-23-39-43-34(41(24-46-15-17-49(5,6)7)25-47-16-18-50(8,9)10)21-33(40-35(31)43)28-19-29-12-13-30(20-28)42(29)36(45)48-37(2,3)4/h11,14,21-23,28-30H,12-13,15-20,24-25H2,1-10H3/t28?,29-,30+. The second-order valence-electron chi connectivity index (χ2n) is 17.5. The lowest BCUT2D eigenvalue weighted by molar-refractivity contribution is 0.00568. The molecule has 13 heteroatoms. The molecule has 2 aliphatic rings. The SMILES string of the molecule is CC(=O)c1ccc(-c2cnn3c(N(COCC[Si](C)(C)C)COCC[Si](C)(C)C)cc(C4C[C@H]5CC[C@@H](C4)N5C(=O)OC(C)(C)C)nc23)cn1. The van der Waals surface area contributed by atoms with Crippen LogP contribution in [0.3, 0.4) is 0 Å². The Labute approximate surface area is 300 Å². The van der Waals surface area contributed by atoms with Gasteiger partial charge in [0.05, 0.1) is 6.20 Å². The summed E-state index contributed by atoms with van der Waals surface area (Å²) in [6.45, 7) is 23.5. The van der Waals surface area contributed by atoms with Crippen molar-refractivity contribution in [2.75, 3.05) is 31.6 Å². The molecule has 0 spiro atoms. The lowest BCUT2D eigenvalue weighted by atomic mass is 9.88. The Morgan fingerprint density at radius 3 is 2.02 bits per heavy atom. The molecule has 2 aliphatic heterocycles. The van der Waals surface area contributed by atoms with Gasteiger partial charge in [-0.2, -0.15) is 9.61 Å². The largest absolute Gasteiger partial charge is 0.444 e. The fourth-order valence-electron chi connectivity index (χ4n) is 6.67. The molecule has 2 saturated heterocycles. The Hall–Kier alpha value is -3.14. The van der Waals surface area contributed by atoms with Gasteiger partial charge in [-0.3, -0.25) is 9.78 Å². The molecule has 2 fully saturated rings. The van der Waals surface area contributed by atoms with Crippen molar-refractivity contribution in [3.05, 3.63) is 42.0 Å². The summed E-state index contributed by atoms with van der Waals surface area (Å²) in [5, 5.41) is 4.86. The van der Waals surface area contributed by atoms with Crippen LogP contribution in [0.25, 0.3) is 16.8 Å². The fourth-order valence-corrected chi connectivity index (χ4v) is 8.19. The molecule has 1 amide bonds. The van der Waals surface area contributed by atoms with Gasteiger partial charge in [-0.1, -0.05) is 45.3 Å². The Balaban J connectivity index is 1.52. The number of fused-ring (bicyclic) bond motifs is 3. The molecule has 5 heterocycles. The quantitative estimate of drug-likeness (QED) is 0.0706. The summed E-state index contributed by atoms with van der Waals surface area (Å²) in [6.07, 6.45) is 6.88. The minimum atomic E-state index is -1.28. The summed E-state index contributed by atoms with van der Waals surface area (Å²) in [4.78, 5) is 39.1. The van der Waals surface area contributed by atoms with Gasteiger partial charge in [0.1, 0.15) is 30.6 Å². The molecule has 274 valence electrons. The molecule has 0 radical (unpaired) electrons. The first-order chi connectivity index (χ1) is 23.4. The number of ketones is 1. The van der Waals surface area contributed by atoms with E-state index in [1.54, 1.807) is 12.3 Å². The van der Waals surface area contributed by atoms with Crippen molar-refractivity contribution < 1.29 is 23.8 Å². The van der Waals surface area contributed by atoms with E-state index in [2.05, 4.69) is 55.2 Å². The van der Waals surface area contributed by atoms with Crippen LogP contribution in [0.15, 0.2) is 30.6 Å². The van der Waals surface area contributed by atoms with E-state index >= 15 is 0 Å². The van der Waals surface area contributed by atoms with Crippen LogP contribution in [0.2, 0.25) is 51.4 Å². The summed E-state index contributed by atoms with van der Waals surface area (Å²) < 4.78 is 20.4. The van der Waals surface area contributed by atoms with Crippen molar-refractivity contribution in [1.29, 1.82) is 0 Å². The summed E-state index contributed by atoms with van der Waals surface area (Å²) in [6, 6.07) is 8.16. The van der Waals surface area contributed by atoms with Gasteiger partial charge in [-0.05, 0) is 64.6 Å². The lowest BCUT2D eigenvalue weighted by Crippen LogP contribution is -2.48. The van der Waals surface area contributed by atoms with Gasteiger partial charge in [0, 0.05) is 83.4 Å². The number of anilines is 1. The highest BCUT2D eigenvalue weighted by Crippen LogP contribution is 2.44. The Kier molecular flexibility index (Phi) is 11.6. The van der Waals surface area contributed by atoms with Crippen molar-refractivity contribution >= 4 is 39.5 Å². The molecule has 3 atom stereocenters. The van der Waals surface area contributed by atoms with Gasteiger partial charge >= 0.3 is 6.09 Å². The van der Waals surface area contributed by atoms with Gasteiger partial charge < -0.3 is 24.0 Å². The van der Waals surface area contributed by atoms with Crippen molar-refractivity contribution in [2.24, 2.45) is 0 Å². The maximum absolute atomic E-state index is 13.3. The van der Waals surface area contributed by atoms with Gasteiger partial charge in [-0.25, -0.2) is 9.78 Å². The normalized spacial score (nSPS) is 19.6. The van der Waals surface area contributed by atoms with E-state index < -0.39 is 21.7 Å². The molecule has 0 aromatic carbocycles. The summed E-state index contributed by atoms with van der Waals surface area (Å²) >= 11 is 0. The molecule has 5 rings (SSSR count). The topological polar surface area (TPSA) is 111 Å². The molecule has 3 aromatic heterocycles. The number of piperidine rings is 1. The third-order valence-electron chi connectivity index (χ3n) is 9.47. The van der Waals surface area contributed by atoms with Crippen LogP contribution in [0.1, 0.15) is 75.5 Å². The molecule has 11 nitrogen and oxygen atoms in total. The maximum Gasteiger partial charge on any atom is 0.410 e. The van der Waals surface area contributed by atoms with Crippen molar-refractivity contribution in [1.82, 2.24) is 24.5 Å². The number of carbonyl (C=O) groups excluding carboxylic acids is 2. The van der Waals surface area contributed by atoms with Crippen molar-refractivity contribution in [2.45, 2.75) is 128 Å². The predicted octanol–water partition coefficient (Wildman–Crippen LogP) is 8.07. The number of hydrogen-bond donors (Lipinski definition) is 0. The highest BCUT2D eigenvalue weighted by atomic mass is 28.3. The summed E-state index contributed by atoms with van der Waals surface area (Å²) in [7, 11) is -2.55.